The van der Waals surface area contributed by atoms with Crippen molar-refractivity contribution in [1.29, 1.82) is 0 Å². The van der Waals surface area contributed by atoms with Crippen molar-refractivity contribution in [1.82, 2.24) is 9.88 Å². The van der Waals surface area contributed by atoms with Crippen LogP contribution >= 0.6 is 0 Å². The van der Waals surface area contributed by atoms with E-state index >= 15 is 0 Å². The average Bonchev–Trinajstić information content (AvgIpc) is 3.11. The van der Waals surface area contributed by atoms with Gasteiger partial charge in [0.25, 0.3) is 0 Å². The monoisotopic (exact) mass is 244 g/mol. The van der Waals surface area contributed by atoms with E-state index in [1.54, 1.807) is 0 Å². The smallest absolute Gasteiger partial charge is 0.0499 e. The average molecular weight is 244 g/mol. The van der Waals surface area contributed by atoms with E-state index in [1.807, 2.05) is 0 Å². The van der Waals surface area contributed by atoms with E-state index in [1.165, 1.54) is 16.5 Å². The molecule has 1 aliphatic carbocycles. The van der Waals surface area contributed by atoms with Gasteiger partial charge in [0.2, 0.25) is 0 Å². The van der Waals surface area contributed by atoms with Gasteiger partial charge in [-0.25, -0.2) is 0 Å². The number of rotatable bonds is 5. The lowest BCUT2D eigenvalue weighted by atomic mass is 10.1. The summed E-state index contributed by atoms with van der Waals surface area (Å²) in [6, 6.07) is 8.48. The molecule has 0 radical (unpaired) electrons. The van der Waals surface area contributed by atoms with Gasteiger partial charge >= 0.3 is 0 Å². The molecule has 1 fully saturated rings. The quantitative estimate of drug-likeness (QED) is 0.844. The minimum Gasteiger partial charge on any atom is -0.396 e. The van der Waals surface area contributed by atoms with Gasteiger partial charge in [0.1, 0.15) is 0 Å². The summed E-state index contributed by atoms with van der Waals surface area (Å²) in [5.41, 5.74) is 2.80. The Hall–Kier alpha value is -1.32. The Bertz CT molecular complexity index is 555. The topological polar surface area (TPSA) is 37.2 Å². The second-order valence-electron chi connectivity index (χ2n) is 5.54. The van der Waals surface area contributed by atoms with Gasteiger partial charge in [-0.15, -0.1) is 0 Å². The Balaban J connectivity index is 1.71. The lowest BCUT2D eigenvalue weighted by molar-refractivity contribution is 0.207. The van der Waals surface area contributed by atoms with Gasteiger partial charge in [-0.3, -0.25) is 0 Å². The van der Waals surface area contributed by atoms with Crippen LogP contribution in [0.15, 0.2) is 30.5 Å². The molecule has 1 aliphatic rings. The molecule has 3 heteroatoms. The Labute approximate surface area is 107 Å². The van der Waals surface area contributed by atoms with E-state index in [0.717, 1.165) is 25.9 Å². The van der Waals surface area contributed by atoms with E-state index < -0.39 is 0 Å². The molecule has 0 bridgehead atoms. The number of benzene rings is 1. The summed E-state index contributed by atoms with van der Waals surface area (Å²) in [6.07, 6.45) is 4.51. The molecule has 3 nitrogen and oxygen atoms in total. The first-order chi connectivity index (χ1) is 8.74. The highest BCUT2D eigenvalue weighted by molar-refractivity contribution is 5.83. The molecule has 0 saturated heterocycles. The van der Waals surface area contributed by atoms with Crippen molar-refractivity contribution in [3.63, 3.8) is 0 Å². The number of aliphatic hydroxyl groups excluding tert-OH is 1. The molecule has 0 amide bonds. The standard InChI is InChI=1S/C15H20N2O/c1-17-9-12(13-4-2-3-5-14(13)17)8-16-10-15(11-18)6-7-15/h2-5,9,16,18H,6-8,10-11H2,1H3. The third kappa shape index (κ3) is 2.04. The molecule has 2 N–H and O–H groups in total. The van der Waals surface area contributed by atoms with Gasteiger partial charge in [-0.2, -0.15) is 0 Å². The second kappa shape index (κ2) is 4.41. The minimum absolute atomic E-state index is 0.185. The molecule has 18 heavy (non-hydrogen) atoms. The summed E-state index contributed by atoms with van der Waals surface area (Å²) in [7, 11) is 2.09. The minimum atomic E-state index is 0.185. The van der Waals surface area contributed by atoms with Crippen LogP contribution in [0.1, 0.15) is 18.4 Å². The van der Waals surface area contributed by atoms with Gasteiger partial charge in [0.05, 0.1) is 0 Å². The van der Waals surface area contributed by atoms with Gasteiger partial charge in [-0.05, 0) is 24.5 Å². The number of fused-ring (bicyclic) bond motifs is 1. The summed E-state index contributed by atoms with van der Waals surface area (Å²) in [4.78, 5) is 0. The van der Waals surface area contributed by atoms with E-state index in [4.69, 9.17) is 0 Å². The molecule has 0 aliphatic heterocycles. The van der Waals surface area contributed by atoms with Crippen molar-refractivity contribution in [3.05, 3.63) is 36.0 Å². The number of nitrogens with one attached hydrogen (secondary N) is 1. The number of para-hydroxylation sites is 1. The highest BCUT2D eigenvalue weighted by Crippen LogP contribution is 2.44. The van der Waals surface area contributed by atoms with Crippen LogP contribution in [0, 0.1) is 5.41 Å². The van der Waals surface area contributed by atoms with Crippen LogP contribution in [0.4, 0.5) is 0 Å². The number of aromatic nitrogens is 1. The fourth-order valence-electron chi connectivity index (χ4n) is 2.60. The summed E-state index contributed by atoms with van der Waals surface area (Å²) in [5, 5.41) is 14.1. The molecule has 1 aromatic heterocycles. The number of aryl methyl sites for hydroxylation is 1. The second-order valence-corrected chi connectivity index (χ2v) is 5.54. The molecular weight excluding hydrogens is 224 g/mol. The predicted molar refractivity (Wildman–Crippen MR) is 73.4 cm³/mol. The van der Waals surface area contributed by atoms with Crippen molar-refractivity contribution in [2.24, 2.45) is 12.5 Å². The van der Waals surface area contributed by atoms with Crippen LogP contribution in [0.2, 0.25) is 0 Å². The molecule has 1 aromatic carbocycles. The predicted octanol–water partition coefficient (Wildman–Crippen LogP) is 2.04. The van der Waals surface area contributed by atoms with Crippen LogP contribution in [-0.4, -0.2) is 22.8 Å². The van der Waals surface area contributed by atoms with Crippen molar-refractivity contribution < 1.29 is 5.11 Å². The first-order valence-corrected chi connectivity index (χ1v) is 6.59. The van der Waals surface area contributed by atoms with Crippen LogP contribution in [0.3, 0.4) is 0 Å². The first kappa shape index (κ1) is 11.8. The molecule has 1 heterocycles. The maximum Gasteiger partial charge on any atom is 0.0499 e. The number of nitrogens with zero attached hydrogens (tertiary/aromatic N) is 1. The van der Waals surface area contributed by atoms with Crippen LogP contribution in [0.25, 0.3) is 10.9 Å². The van der Waals surface area contributed by atoms with Gasteiger partial charge in [0, 0.05) is 49.3 Å². The molecule has 0 atom stereocenters. The zero-order chi connectivity index (χ0) is 12.6. The SMILES string of the molecule is Cn1cc(CNCC2(CO)CC2)c2ccccc21. The third-order valence-corrected chi connectivity index (χ3v) is 4.09. The zero-order valence-electron chi connectivity index (χ0n) is 10.8. The third-order valence-electron chi connectivity index (χ3n) is 4.09. The lowest BCUT2D eigenvalue weighted by Gasteiger charge is -2.12. The number of hydrogen-bond acceptors (Lipinski definition) is 2. The van der Waals surface area contributed by atoms with Crippen molar-refractivity contribution in [2.75, 3.05) is 13.2 Å². The Morgan fingerprint density at radius 1 is 1.33 bits per heavy atom. The molecule has 3 rings (SSSR count). The number of aliphatic hydroxyl groups is 1. The van der Waals surface area contributed by atoms with E-state index in [0.29, 0.717) is 6.61 Å². The van der Waals surface area contributed by atoms with Crippen LogP contribution in [0.5, 0.6) is 0 Å². The van der Waals surface area contributed by atoms with Gasteiger partial charge < -0.3 is 15.0 Å². The zero-order valence-corrected chi connectivity index (χ0v) is 10.8. The van der Waals surface area contributed by atoms with Crippen LogP contribution in [-0.2, 0) is 13.6 Å². The van der Waals surface area contributed by atoms with E-state index in [-0.39, 0.29) is 5.41 Å². The summed E-state index contributed by atoms with van der Waals surface area (Å²) >= 11 is 0. The Kier molecular flexibility index (Phi) is 2.88. The molecule has 0 unspecified atom stereocenters. The normalized spacial score (nSPS) is 17.2. The molecule has 96 valence electrons. The van der Waals surface area contributed by atoms with E-state index in [2.05, 4.69) is 47.4 Å². The van der Waals surface area contributed by atoms with Gasteiger partial charge in [0.15, 0.2) is 0 Å². The highest BCUT2D eigenvalue weighted by Gasteiger charge is 2.41. The highest BCUT2D eigenvalue weighted by atomic mass is 16.3. The maximum atomic E-state index is 9.29. The van der Waals surface area contributed by atoms with Crippen molar-refractivity contribution in [3.8, 4) is 0 Å². The summed E-state index contributed by atoms with van der Waals surface area (Å²) in [6.45, 7) is 2.12. The van der Waals surface area contributed by atoms with Crippen LogP contribution < -0.4 is 5.32 Å². The summed E-state index contributed by atoms with van der Waals surface area (Å²) < 4.78 is 2.17. The lowest BCUT2D eigenvalue weighted by Crippen LogP contribution is -2.25. The maximum absolute atomic E-state index is 9.29. The Morgan fingerprint density at radius 3 is 2.83 bits per heavy atom. The number of hydrogen-bond donors (Lipinski definition) is 2. The molecule has 2 aromatic rings. The fraction of sp³-hybridized carbons (Fsp3) is 0.467. The Morgan fingerprint density at radius 2 is 2.11 bits per heavy atom. The molecule has 0 spiro atoms. The van der Waals surface area contributed by atoms with Gasteiger partial charge in [-0.1, -0.05) is 18.2 Å². The molecular formula is C15H20N2O. The van der Waals surface area contributed by atoms with E-state index in [9.17, 15) is 5.11 Å². The molecule has 1 saturated carbocycles. The summed E-state index contributed by atoms with van der Waals surface area (Å²) in [5.74, 6) is 0. The fourth-order valence-corrected chi connectivity index (χ4v) is 2.60. The van der Waals surface area contributed by atoms with Crippen molar-refractivity contribution >= 4 is 10.9 Å². The first-order valence-electron chi connectivity index (χ1n) is 6.59. The van der Waals surface area contributed by atoms with Crippen molar-refractivity contribution in [2.45, 2.75) is 19.4 Å². The largest absolute Gasteiger partial charge is 0.396 e.